The van der Waals surface area contributed by atoms with Gasteiger partial charge in [-0.25, -0.2) is 4.79 Å². The summed E-state index contributed by atoms with van der Waals surface area (Å²) < 4.78 is 5.49. The van der Waals surface area contributed by atoms with Crippen molar-refractivity contribution in [2.24, 2.45) is 0 Å². The SMILES string of the molecule is CCCNC(C)=C(C(=O)OCc1ccccc1)C(=S)Nc1ccccc1. The van der Waals surface area contributed by atoms with Crippen LogP contribution in [0.1, 0.15) is 25.8 Å². The molecule has 0 aliphatic carbocycles. The largest absolute Gasteiger partial charge is 0.457 e. The highest BCUT2D eigenvalue weighted by atomic mass is 32.1. The van der Waals surface area contributed by atoms with Crippen LogP contribution in [-0.4, -0.2) is 17.5 Å². The maximum Gasteiger partial charge on any atom is 0.343 e. The Morgan fingerprint density at radius 2 is 1.65 bits per heavy atom. The molecule has 0 atom stereocenters. The average molecular weight is 369 g/mol. The number of allylic oxidation sites excluding steroid dienone is 1. The van der Waals surface area contributed by atoms with Crippen molar-refractivity contribution in [2.45, 2.75) is 26.9 Å². The van der Waals surface area contributed by atoms with Gasteiger partial charge in [0.05, 0.1) is 0 Å². The van der Waals surface area contributed by atoms with Gasteiger partial charge >= 0.3 is 5.97 Å². The van der Waals surface area contributed by atoms with Crippen molar-refractivity contribution in [2.75, 3.05) is 11.9 Å². The molecule has 4 nitrogen and oxygen atoms in total. The van der Waals surface area contributed by atoms with E-state index in [1.807, 2.05) is 67.6 Å². The van der Waals surface area contributed by atoms with Crippen LogP contribution in [0.3, 0.4) is 0 Å². The summed E-state index contributed by atoms with van der Waals surface area (Å²) in [7, 11) is 0. The summed E-state index contributed by atoms with van der Waals surface area (Å²) in [6, 6.07) is 19.1. The van der Waals surface area contributed by atoms with Crippen LogP contribution >= 0.6 is 12.2 Å². The number of esters is 1. The Labute approximate surface area is 160 Å². The van der Waals surface area contributed by atoms with E-state index in [-0.39, 0.29) is 6.61 Å². The summed E-state index contributed by atoms with van der Waals surface area (Å²) >= 11 is 5.48. The molecule has 26 heavy (non-hydrogen) atoms. The first-order valence-corrected chi connectivity index (χ1v) is 9.04. The van der Waals surface area contributed by atoms with E-state index in [9.17, 15) is 4.79 Å². The fourth-order valence-corrected chi connectivity index (χ4v) is 2.68. The number of anilines is 1. The van der Waals surface area contributed by atoms with Crippen LogP contribution < -0.4 is 10.6 Å². The average Bonchev–Trinajstić information content (AvgIpc) is 2.66. The van der Waals surface area contributed by atoms with Crippen molar-refractivity contribution in [1.29, 1.82) is 0 Å². The molecule has 0 aliphatic rings. The van der Waals surface area contributed by atoms with E-state index < -0.39 is 5.97 Å². The first-order chi connectivity index (χ1) is 12.6. The lowest BCUT2D eigenvalue weighted by Crippen LogP contribution is -2.26. The van der Waals surface area contributed by atoms with Crippen LogP contribution in [0, 0.1) is 0 Å². The summed E-state index contributed by atoms with van der Waals surface area (Å²) in [4.78, 5) is 13.0. The lowest BCUT2D eigenvalue weighted by molar-refractivity contribution is -0.139. The molecule has 0 bridgehead atoms. The first-order valence-electron chi connectivity index (χ1n) is 8.64. The van der Waals surface area contributed by atoms with Crippen molar-refractivity contribution < 1.29 is 9.53 Å². The van der Waals surface area contributed by atoms with E-state index in [1.165, 1.54) is 0 Å². The highest BCUT2D eigenvalue weighted by molar-refractivity contribution is 7.81. The number of carbonyl (C=O) groups is 1. The third-order valence-electron chi connectivity index (χ3n) is 3.69. The van der Waals surface area contributed by atoms with E-state index >= 15 is 0 Å². The van der Waals surface area contributed by atoms with Gasteiger partial charge in [-0.15, -0.1) is 0 Å². The monoisotopic (exact) mass is 368 g/mol. The molecule has 2 aromatic carbocycles. The smallest absolute Gasteiger partial charge is 0.343 e. The number of carbonyl (C=O) groups excluding carboxylic acids is 1. The van der Waals surface area contributed by atoms with Gasteiger partial charge in [0.15, 0.2) is 0 Å². The molecule has 0 amide bonds. The zero-order valence-corrected chi connectivity index (χ0v) is 15.9. The molecule has 0 heterocycles. The van der Waals surface area contributed by atoms with Crippen molar-refractivity contribution in [3.63, 3.8) is 0 Å². The normalized spacial score (nSPS) is 11.3. The van der Waals surface area contributed by atoms with Gasteiger partial charge in [-0.2, -0.15) is 0 Å². The number of thiocarbonyl (C=S) groups is 1. The predicted molar refractivity (Wildman–Crippen MR) is 110 cm³/mol. The maximum absolute atomic E-state index is 12.7. The van der Waals surface area contributed by atoms with E-state index in [0.717, 1.165) is 24.2 Å². The first kappa shape index (κ1) is 19.7. The zero-order chi connectivity index (χ0) is 18.8. The molecule has 0 aromatic heterocycles. The Morgan fingerprint density at radius 3 is 2.27 bits per heavy atom. The van der Waals surface area contributed by atoms with Gasteiger partial charge in [-0.05, 0) is 31.0 Å². The van der Waals surface area contributed by atoms with Gasteiger partial charge in [0, 0.05) is 17.9 Å². The molecular formula is C21H24N2O2S. The van der Waals surface area contributed by atoms with Crippen LogP contribution in [-0.2, 0) is 16.1 Å². The Morgan fingerprint density at radius 1 is 1.04 bits per heavy atom. The fourth-order valence-electron chi connectivity index (χ4n) is 2.33. The molecule has 5 heteroatoms. The number of nitrogens with one attached hydrogen (secondary N) is 2. The topological polar surface area (TPSA) is 50.4 Å². The van der Waals surface area contributed by atoms with E-state index in [0.29, 0.717) is 16.3 Å². The van der Waals surface area contributed by atoms with Crippen molar-refractivity contribution in [1.82, 2.24) is 5.32 Å². The Balaban J connectivity index is 2.14. The van der Waals surface area contributed by atoms with Gasteiger partial charge in [-0.3, -0.25) is 0 Å². The van der Waals surface area contributed by atoms with Crippen molar-refractivity contribution in [3.8, 4) is 0 Å². The fraction of sp³-hybridized carbons (Fsp3) is 0.238. The van der Waals surface area contributed by atoms with Gasteiger partial charge in [-0.1, -0.05) is 67.7 Å². The van der Waals surface area contributed by atoms with Crippen LogP contribution in [0.15, 0.2) is 71.9 Å². The van der Waals surface area contributed by atoms with Gasteiger partial charge < -0.3 is 15.4 Å². The van der Waals surface area contributed by atoms with Gasteiger partial charge in [0.25, 0.3) is 0 Å². The quantitative estimate of drug-likeness (QED) is 0.410. The second-order valence-electron chi connectivity index (χ2n) is 5.81. The Hall–Kier alpha value is -2.66. The van der Waals surface area contributed by atoms with Crippen LogP contribution in [0.4, 0.5) is 5.69 Å². The summed E-state index contributed by atoms with van der Waals surface area (Å²) in [5.41, 5.74) is 2.82. The van der Waals surface area contributed by atoms with Gasteiger partial charge in [0.1, 0.15) is 17.2 Å². The molecule has 0 radical (unpaired) electrons. The molecule has 2 rings (SSSR count). The van der Waals surface area contributed by atoms with E-state index in [2.05, 4.69) is 17.6 Å². The lowest BCUT2D eigenvalue weighted by Gasteiger charge is -2.16. The van der Waals surface area contributed by atoms with Crippen LogP contribution in [0.5, 0.6) is 0 Å². The molecule has 0 aliphatic heterocycles. The van der Waals surface area contributed by atoms with Crippen LogP contribution in [0.2, 0.25) is 0 Å². The Kier molecular flexibility index (Phi) is 7.83. The second kappa shape index (κ2) is 10.4. The lowest BCUT2D eigenvalue weighted by atomic mass is 10.2. The molecule has 136 valence electrons. The number of hydrogen-bond donors (Lipinski definition) is 2. The number of hydrogen-bond acceptors (Lipinski definition) is 4. The minimum absolute atomic E-state index is 0.207. The van der Waals surface area contributed by atoms with Crippen LogP contribution in [0.25, 0.3) is 0 Å². The third-order valence-corrected chi connectivity index (χ3v) is 4.00. The molecule has 0 fully saturated rings. The molecule has 0 saturated carbocycles. The predicted octanol–water partition coefficient (Wildman–Crippen LogP) is 4.44. The summed E-state index contributed by atoms with van der Waals surface area (Å²) in [5.74, 6) is -0.441. The standard InChI is InChI=1S/C21H24N2O2S/c1-3-14-22-16(2)19(20(26)23-18-12-8-5-9-13-18)21(24)25-15-17-10-6-4-7-11-17/h4-13,22H,3,14-15H2,1-2H3,(H,23,26). The summed E-state index contributed by atoms with van der Waals surface area (Å²) in [6.07, 6.45) is 0.947. The Bertz CT molecular complexity index is 758. The van der Waals surface area contributed by atoms with Crippen molar-refractivity contribution >= 4 is 28.9 Å². The number of rotatable bonds is 8. The molecule has 0 unspecified atom stereocenters. The molecular weight excluding hydrogens is 344 g/mol. The molecule has 0 spiro atoms. The van der Waals surface area contributed by atoms with Gasteiger partial charge in [0.2, 0.25) is 0 Å². The molecule has 2 aromatic rings. The van der Waals surface area contributed by atoms with Crippen molar-refractivity contribution in [3.05, 3.63) is 77.5 Å². The minimum atomic E-state index is -0.441. The molecule has 0 saturated heterocycles. The zero-order valence-electron chi connectivity index (χ0n) is 15.1. The molecule has 2 N–H and O–H groups in total. The summed E-state index contributed by atoms with van der Waals surface area (Å²) in [5, 5.41) is 6.34. The minimum Gasteiger partial charge on any atom is -0.457 e. The number of ether oxygens (including phenoxy) is 1. The highest BCUT2D eigenvalue weighted by Crippen LogP contribution is 2.14. The summed E-state index contributed by atoms with van der Waals surface area (Å²) in [6.45, 7) is 4.87. The third kappa shape index (κ3) is 6.01. The number of para-hydroxylation sites is 1. The van der Waals surface area contributed by atoms with E-state index in [4.69, 9.17) is 17.0 Å². The second-order valence-corrected chi connectivity index (χ2v) is 6.22. The highest BCUT2D eigenvalue weighted by Gasteiger charge is 2.20. The maximum atomic E-state index is 12.7. The number of benzene rings is 2. The van der Waals surface area contributed by atoms with E-state index in [1.54, 1.807) is 0 Å².